The first-order valence-corrected chi connectivity index (χ1v) is 9.50. The van der Waals surface area contributed by atoms with Crippen LogP contribution in [0.1, 0.15) is 10.4 Å². The fourth-order valence-corrected chi connectivity index (χ4v) is 3.03. The fraction of sp³-hybridized carbons (Fsp3) is 0.125. The Morgan fingerprint density at radius 1 is 0.781 bits per heavy atom. The van der Waals surface area contributed by atoms with Gasteiger partial charge in [-0.2, -0.15) is 0 Å². The normalized spacial score (nSPS) is 12.8. The highest BCUT2D eigenvalue weighted by Gasteiger charge is 2.29. The Balaban J connectivity index is 2.09. The van der Waals surface area contributed by atoms with Crippen LogP contribution in [-0.4, -0.2) is 39.2 Å². The number of benzene rings is 2. The van der Waals surface area contributed by atoms with E-state index in [0.29, 0.717) is 22.7 Å². The molecule has 32 heavy (non-hydrogen) atoms. The van der Waals surface area contributed by atoms with Crippen molar-refractivity contribution in [2.75, 3.05) is 26.2 Å². The van der Waals surface area contributed by atoms with E-state index in [9.17, 15) is 14.4 Å². The molecule has 2 aromatic rings. The van der Waals surface area contributed by atoms with Gasteiger partial charge in [0.1, 0.15) is 11.4 Å². The van der Waals surface area contributed by atoms with Gasteiger partial charge in [0.05, 0.1) is 38.2 Å². The number of ether oxygens (including phenoxy) is 4. The zero-order valence-corrected chi connectivity index (χ0v) is 17.7. The molecule has 0 atom stereocenters. The van der Waals surface area contributed by atoms with E-state index in [1.165, 1.54) is 32.3 Å². The minimum absolute atomic E-state index is 0.0202. The summed E-state index contributed by atoms with van der Waals surface area (Å²) in [6, 6.07) is 13.4. The quantitative estimate of drug-likeness (QED) is 0.500. The van der Waals surface area contributed by atoms with E-state index in [1.54, 1.807) is 66.9 Å². The number of carbonyl (C=O) groups excluding carboxylic acids is 3. The summed E-state index contributed by atoms with van der Waals surface area (Å²) in [6.07, 6.45) is 6.34. The lowest BCUT2D eigenvalue weighted by molar-refractivity contribution is -0.139. The summed E-state index contributed by atoms with van der Waals surface area (Å²) in [6.45, 7) is 0. The van der Waals surface area contributed by atoms with Gasteiger partial charge in [0.15, 0.2) is 5.75 Å². The number of anilines is 1. The molecule has 0 unspecified atom stereocenters. The first-order chi connectivity index (χ1) is 15.5. The van der Waals surface area contributed by atoms with Crippen molar-refractivity contribution in [1.82, 2.24) is 0 Å². The number of nitrogens with zero attached hydrogens (tertiary/aromatic N) is 1. The van der Waals surface area contributed by atoms with E-state index in [4.69, 9.17) is 18.9 Å². The molecule has 3 rings (SSSR count). The van der Waals surface area contributed by atoms with E-state index in [2.05, 4.69) is 0 Å². The lowest BCUT2D eigenvalue weighted by Gasteiger charge is -2.25. The van der Waals surface area contributed by atoms with Crippen molar-refractivity contribution in [3.63, 3.8) is 0 Å². The van der Waals surface area contributed by atoms with Gasteiger partial charge >= 0.3 is 17.9 Å². The molecule has 0 aliphatic carbocycles. The van der Waals surface area contributed by atoms with Gasteiger partial charge in [-0.05, 0) is 42.5 Å². The summed E-state index contributed by atoms with van der Waals surface area (Å²) < 4.78 is 20.5. The molecule has 1 aliphatic heterocycles. The molecule has 0 amide bonds. The smallest absolute Gasteiger partial charge is 0.355 e. The maximum absolute atomic E-state index is 12.7. The molecule has 0 radical (unpaired) electrons. The highest BCUT2D eigenvalue weighted by molar-refractivity contribution is 6.05. The Morgan fingerprint density at radius 2 is 1.50 bits per heavy atom. The van der Waals surface area contributed by atoms with Gasteiger partial charge in [0.2, 0.25) is 0 Å². The molecule has 1 aliphatic rings. The first kappa shape index (κ1) is 22.4. The number of hydrogen-bond acceptors (Lipinski definition) is 8. The van der Waals surface area contributed by atoms with Crippen molar-refractivity contribution in [2.24, 2.45) is 0 Å². The molecular formula is C24H21NO7. The van der Waals surface area contributed by atoms with Crippen LogP contribution >= 0.6 is 0 Å². The van der Waals surface area contributed by atoms with Gasteiger partial charge in [-0.1, -0.05) is 24.3 Å². The summed E-state index contributed by atoms with van der Waals surface area (Å²) >= 11 is 0. The van der Waals surface area contributed by atoms with E-state index in [-0.39, 0.29) is 11.3 Å². The Hall–Kier alpha value is -4.33. The van der Waals surface area contributed by atoms with Gasteiger partial charge < -0.3 is 23.8 Å². The average Bonchev–Trinajstić information content (AvgIpc) is 3.06. The summed E-state index contributed by atoms with van der Waals surface area (Å²) in [5.41, 5.74) is 0.762. The van der Waals surface area contributed by atoms with Crippen LogP contribution in [0.5, 0.6) is 11.5 Å². The predicted octanol–water partition coefficient (Wildman–Crippen LogP) is 3.76. The van der Waals surface area contributed by atoms with Crippen LogP contribution in [0, 0.1) is 0 Å². The number of allylic oxidation sites excluding steroid dienone is 2. The predicted molar refractivity (Wildman–Crippen MR) is 116 cm³/mol. The Kier molecular flexibility index (Phi) is 7.07. The minimum atomic E-state index is -0.732. The van der Waals surface area contributed by atoms with Crippen LogP contribution in [-0.2, 0) is 23.8 Å². The zero-order chi connectivity index (χ0) is 23.1. The monoisotopic (exact) mass is 435 g/mol. The van der Waals surface area contributed by atoms with Crippen molar-refractivity contribution < 1.29 is 33.3 Å². The van der Waals surface area contributed by atoms with Crippen LogP contribution in [0.15, 0.2) is 84.2 Å². The maximum atomic E-state index is 12.7. The summed E-state index contributed by atoms with van der Waals surface area (Å²) in [5.74, 6) is -1.17. The third kappa shape index (κ3) is 4.70. The van der Waals surface area contributed by atoms with Crippen molar-refractivity contribution in [1.29, 1.82) is 0 Å². The summed E-state index contributed by atoms with van der Waals surface area (Å²) in [5, 5.41) is 0. The molecule has 164 valence electrons. The zero-order valence-electron chi connectivity index (χ0n) is 17.7. The molecule has 0 N–H and O–H groups in total. The van der Waals surface area contributed by atoms with Crippen molar-refractivity contribution in [3.05, 3.63) is 89.8 Å². The lowest BCUT2D eigenvalue weighted by atomic mass is 10.1. The van der Waals surface area contributed by atoms with Crippen molar-refractivity contribution >= 4 is 23.6 Å². The summed E-state index contributed by atoms with van der Waals surface area (Å²) in [7, 11) is 3.75. The standard InChI is InChI=1S/C24H21NO7/c1-29-22(26)16-9-8-10-17(15-16)32-20-13-5-4-12-19(20)25-14-7-6-11-18(23(27)30-2)21(25)24(28)31-3/h4-15H,1-3H3. The number of para-hydroxylation sites is 2. The fourth-order valence-electron chi connectivity index (χ4n) is 3.03. The Bertz CT molecular complexity index is 1130. The molecule has 0 saturated heterocycles. The van der Waals surface area contributed by atoms with Gasteiger partial charge in [0.25, 0.3) is 0 Å². The Labute approximate surface area is 184 Å². The molecule has 1 heterocycles. The average molecular weight is 435 g/mol. The third-order valence-electron chi connectivity index (χ3n) is 4.50. The molecule has 2 aromatic carbocycles. The number of esters is 3. The number of hydrogen-bond donors (Lipinski definition) is 0. The number of methoxy groups -OCH3 is 3. The van der Waals surface area contributed by atoms with E-state index in [1.807, 2.05) is 0 Å². The van der Waals surface area contributed by atoms with Crippen LogP contribution in [0.25, 0.3) is 0 Å². The van der Waals surface area contributed by atoms with E-state index >= 15 is 0 Å². The van der Waals surface area contributed by atoms with E-state index in [0.717, 1.165) is 0 Å². The summed E-state index contributed by atoms with van der Waals surface area (Å²) in [4.78, 5) is 38.4. The van der Waals surface area contributed by atoms with Gasteiger partial charge in [-0.15, -0.1) is 0 Å². The molecule has 0 fully saturated rings. The van der Waals surface area contributed by atoms with Crippen molar-refractivity contribution in [3.8, 4) is 11.5 Å². The minimum Gasteiger partial charge on any atom is -0.465 e. The van der Waals surface area contributed by atoms with Gasteiger partial charge in [0, 0.05) is 6.20 Å². The highest BCUT2D eigenvalue weighted by atomic mass is 16.5. The highest BCUT2D eigenvalue weighted by Crippen LogP contribution is 2.36. The van der Waals surface area contributed by atoms with Gasteiger partial charge in [-0.25, -0.2) is 14.4 Å². The number of carbonyl (C=O) groups is 3. The second-order valence-electron chi connectivity index (χ2n) is 6.41. The molecular weight excluding hydrogens is 414 g/mol. The Morgan fingerprint density at radius 3 is 2.22 bits per heavy atom. The van der Waals surface area contributed by atoms with Crippen LogP contribution in [0.2, 0.25) is 0 Å². The van der Waals surface area contributed by atoms with Crippen LogP contribution in [0.4, 0.5) is 5.69 Å². The van der Waals surface area contributed by atoms with Crippen molar-refractivity contribution in [2.45, 2.75) is 0 Å². The molecule has 8 nitrogen and oxygen atoms in total. The van der Waals surface area contributed by atoms with Crippen LogP contribution < -0.4 is 9.64 Å². The SMILES string of the molecule is COC(=O)C1=C(C(=O)OC)N(c2ccccc2Oc2cccc(C(=O)OC)c2)C=CC=C1. The topological polar surface area (TPSA) is 91.4 Å². The molecule has 0 saturated carbocycles. The molecule has 8 heteroatoms. The number of rotatable bonds is 6. The maximum Gasteiger partial charge on any atom is 0.355 e. The van der Waals surface area contributed by atoms with Gasteiger partial charge in [-0.3, -0.25) is 0 Å². The largest absolute Gasteiger partial charge is 0.465 e. The van der Waals surface area contributed by atoms with Crippen LogP contribution in [0.3, 0.4) is 0 Å². The second kappa shape index (κ2) is 10.1. The molecule has 0 spiro atoms. The lowest BCUT2D eigenvalue weighted by Crippen LogP contribution is -2.27. The van der Waals surface area contributed by atoms with E-state index < -0.39 is 17.9 Å². The molecule has 0 aromatic heterocycles. The third-order valence-corrected chi connectivity index (χ3v) is 4.50. The molecule has 0 bridgehead atoms. The second-order valence-corrected chi connectivity index (χ2v) is 6.41. The first-order valence-electron chi connectivity index (χ1n) is 9.50.